The lowest BCUT2D eigenvalue weighted by atomic mass is 9.97. The van der Waals surface area contributed by atoms with Crippen molar-refractivity contribution < 1.29 is 22.8 Å². The number of hydrogen-bond acceptors (Lipinski definition) is 11. The Morgan fingerprint density at radius 1 is 1.28 bits per heavy atom. The first-order chi connectivity index (χ1) is 18.7. The minimum atomic E-state index is -3.64. The van der Waals surface area contributed by atoms with Crippen LogP contribution in [0.3, 0.4) is 0 Å². The first-order valence-corrected chi connectivity index (χ1v) is 15.2. The van der Waals surface area contributed by atoms with Crippen LogP contribution in [-0.2, 0) is 19.5 Å². The summed E-state index contributed by atoms with van der Waals surface area (Å²) in [4.78, 5) is 32.5. The molecule has 1 saturated heterocycles. The molecule has 0 bridgehead atoms. The number of amides is 1. The van der Waals surface area contributed by atoms with Gasteiger partial charge >= 0.3 is 0 Å². The highest BCUT2D eigenvalue weighted by Crippen LogP contribution is 2.37. The average molecular weight is 587 g/mol. The summed E-state index contributed by atoms with van der Waals surface area (Å²) in [6.07, 6.45) is 5.06. The topological polar surface area (TPSA) is 148 Å². The highest BCUT2D eigenvalue weighted by molar-refractivity contribution is 7.90. The van der Waals surface area contributed by atoms with Gasteiger partial charge < -0.3 is 14.5 Å². The number of ether oxygens (including phenoxy) is 1. The zero-order valence-corrected chi connectivity index (χ0v) is 23.2. The van der Waals surface area contributed by atoms with E-state index < -0.39 is 15.9 Å². The maximum Gasteiger partial charge on any atom is 0.260 e. The number of benzene rings is 1. The zero-order valence-electron chi connectivity index (χ0n) is 20.8. The number of carbonyl (C=O) groups excluding carboxylic acids is 1. The third-order valence-electron chi connectivity index (χ3n) is 6.50. The molecule has 5 rings (SSSR count). The fourth-order valence-electron chi connectivity index (χ4n) is 4.52. The van der Waals surface area contributed by atoms with E-state index in [1.165, 1.54) is 12.4 Å². The summed E-state index contributed by atoms with van der Waals surface area (Å²) in [5.74, 6) is -0.241. The van der Waals surface area contributed by atoms with Gasteiger partial charge in [0, 0.05) is 60.0 Å². The summed E-state index contributed by atoms with van der Waals surface area (Å²) < 4.78 is 29.1. The summed E-state index contributed by atoms with van der Waals surface area (Å²) in [7, 11) is -3.64. The van der Waals surface area contributed by atoms with Gasteiger partial charge in [0.1, 0.15) is 5.71 Å². The average Bonchev–Trinajstić information content (AvgIpc) is 3.61. The number of nitriles is 1. The Morgan fingerprint density at radius 3 is 2.79 bits per heavy atom. The molecule has 1 fully saturated rings. The summed E-state index contributed by atoms with van der Waals surface area (Å²) >= 11 is 7.88. The van der Waals surface area contributed by atoms with Crippen molar-refractivity contribution >= 4 is 44.4 Å². The van der Waals surface area contributed by atoms with E-state index in [4.69, 9.17) is 26.2 Å². The molecular weight excluding hydrogens is 564 g/mol. The van der Waals surface area contributed by atoms with Crippen LogP contribution in [0.15, 0.2) is 46.2 Å². The third-order valence-corrected chi connectivity index (χ3v) is 8.81. The molecule has 0 N–H and O–H groups in total. The lowest BCUT2D eigenvalue weighted by Gasteiger charge is -2.31. The maximum absolute atomic E-state index is 12.7. The number of carbonyl (C=O) groups is 1. The number of hydrogen-bond donors (Lipinski definition) is 0. The number of rotatable bonds is 7. The molecule has 1 aromatic carbocycles. The van der Waals surface area contributed by atoms with E-state index in [2.05, 4.69) is 21.2 Å². The molecule has 0 aliphatic carbocycles. The number of sulfone groups is 1. The van der Waals surface area contributed by atoms with Crippen molar-refractivity contribution in [2.45, 2.75) is 36.3 Å². The molecule has 14 heteroatoms. The first-order valence-electron chi connectivity index (χ1n) is 12.0. The normalized spacial score (nSPS) is 17.8. The molecule has 1 amide bonds. The molecular formula is C25H23ClN6O5S2. The van der Waals surface area contributed by atoms with E-state index in [-0.39, 0.29) is 29.3 Å². The van der Waals surface area contributed by atoms with Crippen LogP contribution in [0.25, 0.3) is 0 Å². The second-order valence-corrected chi connectivity index (χ2v) is 12.3. The second kappa shape index (κ2) is 11.3. The standard InChI is InChI=1S/C25H23ClN6O5S2/c1-39(34,35)25-23(28-7-8-29-25)36-13-21(33)32-9-5-15(6-10-32)24-30-19(14-38-24)18-11-20(37-31-18)22-16(12-27)3-2-4-17(22)26/h2-4,7-8,14-15,20H,5-6,9-11,13H2,1H3. The minimum Gasteiger partial charge on any atom is -0.466 e. The van der Waals surface area contributed by atoms with Crippen LogP contribution in [0.5, 0.6) is 5.88 Å². The largest absolute Gasteiger partial charge is 0.466 e. The SMILES string of the molecule is CS(=O)(=O)c1nccnc1OCC(=O)N1CCC(c2nc(C3=NOC(c4c(Cl)cccc4C#N)C3)cs2)CC1. The minimum absolute atomic E-state index is 0.182. The van der Waals surface area contributed by atoms with Gasteiger partial charge in [-0.1, -0.05) is 22.8 Å². The molecule has 2 aliphatic heterocycles. The van der Waals surface area contributed by atoms with Crippen LogP contribution >= 0.6 is 22.9 Å². The van der Waals surface area contributed by atoms with E-state index in [0.717, 1.165) is 29.8 Å². The van der Waals surface area contributed by atoms with Crippen molar-refractivity contribution in [2.24, 2.45) is 5.16 Å². The van der Waals surface area contributed by atoms with E-state index in [9.17, 15) is 18.5 Å². The zero-order chi connectivity index (χ0) is 27.6. The van der Waals surface area contributed by atoms with Gasteiger partial charge in [-0.25, -0.2) is 23.4 Å². The number of piperidine rings is 1. The van der Waals surface area contributed by atoms with Crippen molar-refractivity contribution in [3.63, 3.8) is 0 Å². The molecule has 39 heavy (non-hydrogen) atoms. The van der Waals surface area contributed by atoms with Gasteiger partial charge in [-0.05, 0) is 25.0 Å². The monoisotopic (exact) mass is 586 g/mol. The lowest BCUT2D eigenvalue weighted by molar-refractivity contribution is -0.134. The highest BCUT2D eigenvalue weighted by atomic mass is 35.5. The van der Waals surface area contributed by atoms with Gasteiger partial charge in [0.05, 0.1) is 22.3 Å². The second-order valence-electron chi connectivity index (χ2n) is 9.10. The van der Waals surface area contributed by atoms with E-state index in [1.807, 2.05) is 5.38 Å². The number of oxime groups is 1. The fraction of sp³-hybridized carbons (Fsp3) is 0.360. The van der Waals surface area contributed by atoms with Crippen LogP contribution in [0, 0.1) is 11.3 Å². The number of thiazole rings is 1. The molecule has 3 aromatic rings. The Kier molecular flexibility index (Phi) is 7.79. The molecule has 2 aromatic heterocycles. The fourth-order valence-corrected chi connectivity index (χ4v) is 6.49. The van der Waals surface area contributed by atoms with Crippen LogP contribution in [-0.4, -0.2) is 65.8 Å². The summed E-state index contributed by atoms with van der Waals surface area (Å²) in [5.41, 5.74) is 2.53. The molecule has 0 spiro atoms. The highest BCUT2D eigenvalue weighted by Gasteiger charge is 2.31. The quantitative estimate of drug-likeness (QED) is 0.405. The molecule has 2 aliphatic rings. The van der Waals surface area contributed by atoms with Crippen molar-refractivity contribution in [3.8, 4) is 11.9 Å². The molecule has 1 atom stereocenters. The first kappa shape index (κ1) is 27.0. The molecule has 11 nitrogen and oxygen atoms in total. The van der Waals surface area contributed by atoms with Crippen LogP contribution in [0.2, 0.25) is 5.02 Å². The molecule has 0 radical (unpaired) electrons. The van der Waals surface area contributed by atoms with Crippen molar-refractivity contribution in [3.05, 3.63) is 62.8 Å². The molecule has 1 unspecified atom stereocenters. The van der Waals surface area contributed by atoms with Crippen molar-refractivity contribution in [2.75, 3.05) is 26.0 Å². The molecule has 4 heterocycles. The van der Waals surface area contributed by atoms with Gasteiger partial charge in [-0.2, -0.15) is 5.26 Å². The van der Waals surface area contributed by atoms with E-state index in [1.54, 1.807) is 34.4 Å². The molecule has 0 saturated carbocycles. The van der Waals surface area contributed by atoms with Crippen LogP contribution < -0.4 is 4.74 Å². The lowest BCUT2D eigenvalue weighted by Crippen LogP contribution is -2.40. The number of likely N-dealkylation sites (tertiary alicyclic amines) is 1. The van der Waals surface area contributed by atoms with Crippen LogP contribution in [0.1, 0.15) is 53.1 Å². The van der Waals surface area contributed by atoms with Crippen molar-refractivity contribution in [1.29, 1.82) is 5.26 Å². The van der Waals surface area contributed by atoms with Crippen molar-refractivity contribution in [1.82, 2.24) is 19.9 Å². The maximum atomic E-state index is 12.7. The Bertz CT molecular complexity index is 1580. The smallest absolute Gasteiger partial charge is 0.260 e. The predicted octanol–water partition coefficient (Wildman–Crippen LogP) is 3.51. The van der Waals surface area contributed by atoms with Gasteiger partial charge in [-0.3, -0.25) is 4.79 Å². The third kappa shape index (κ3) is 5.88. The molecule has 202 valence electrons. The number of nitrogens with zero attached hydrogens (tertiary/aromatic N) is 6. The summed E-state index contributed by atoms with van der Waals surface area (Å²) in [6, 6.07) is 7.32. The van der Waals surface area contributed by atoms with Gasteiger partial charge in [0.2, 0.25) is 5.03 Å². The Balaban J connectivity index is 1.15. The predicted molar refractivity (Wildman–Crippen MR) is 142 cm³/mol. The van der Waals surface area contributed by atoms with E-state index in [0.29, 0.717) is 41.4 Å². The van der Waals surface area contributed by atoms with Gasteiger partial charge in [-0.15, -0.1) is 11.3 Å². The number of aromatic nitrogens is 3. The van der Waals surface area contributed by atoms with Gasteiger partial charge in [0.15, 0.2) is 22.5 Å². The summed E-state index contributed by atoms with van der Waals surface area (Å²) in [6.45, 7) is 0.723. The number of halogens is 1. The Morgan fingerprint density at radius 2 is 2.05 bits per heavy atom. The van der Waals surface area contributed by atoms with Gasteiger partial charge in [0.25, 0.3) is 11.8 Å². The van der Waals surface area contributed by atoms with Crippen LogP contribution in [0.4, 0.5) is 0 Å². The van der Waals surface area contributed by atoms with E-state index >= 15 is 0 Å². The summed E-state index contributed by atoms with van der Waals surface area (Å²) in [5, 5.41) is 16.7. The Hall–Kier alpha value is -3.60. The Labute approximate surface area is 234 Å².